The zero-order valence-corrected chi connectivity index (χ0v) is 28.3. The lowest BCUT2D eigenvalue weighted by molar-refractivity contribution is 0.663. The van der Waals surface area contributed by atoms with Crippen molar-refractivity contribution in [1.82, 2.24) is 0 Å². The van der Waals surface area contributed by atoms with E-state index in [-0.39, 0.29) is 0 Å². The maximum atomic E-state index is 4.01. The van der Waals surface area contributed by atoms with Gasteiger partial charge in [-0.3, -0.25) is 0 Å². The Labute approximate surface area is 292 Å². The Bertz CT molecular complexity index is 1970. The Morgan fingerprint density at radius 3 is 1.63 bits per heavy atom. The summed E-state index contributed by atoms with van der Waals surface area (Å²) in [5.41, 5.74) is 12.5. The third-order valence-corrected chi connectivity index (χ3v) is 8.41. The van der Waals surface area contributed by atoms with Crippen LogP contribution >= 0.6 is 0 Å². The van der Waals surface area contributed by atoms with Gasteiger partial charge in [-0.15, -0.1) is 0 Å². The van der Waals surface area contributed by atoms with Crippen LogP contribution in [0, 0.1) is 18.1 Å². The molecule has 0 atom stereocenters. The Morgan fingerprint density at radius 2 is 1.10 bits per heavy atom. The van der Waals surface area contributed by atoms with Crippen LogP contribution in [0.15, 0.2) is 194 Å². The second kappa shape index (κ2) is 16.1. The topological polar surface area (TPSA) is 3.24 Å². The van der Waals surface area contributed by atoms with Crippen molar-refractivity contribution in [2.75, 3.05) is 4.90 Å². The van der Waals surface area contributed by atoms with Crippen molar-refractivity contribution in [1.29, 1.82) is 0 Å². The number of para-hydroxylation sites is 1. The largest absolute Gasteiger partial charge is 0.311 e. The van der Waals surface area contributed by atoms with Crippen LogP contribution in [0.25, 0.3) is 22.3 Å². The molecule has 0 radical (unpaired) electrons. The average Bonchev–Trinajstić information content (AvgIpc) is 3.16. The van der Waals surface area contributed by atoms with Crippen LogP contribution in [-0.2, 0) is 0 Å². The minimum absolute atomic E-state index is 0.594. The lowest BCUT2D eigenvalue weighted by Gasteiger charge is -2.26. The van der Waals surface area contributed by atoms with E-state index in [1.54, 1.807) is 0 Å². The predicted molar refractivity (Wildman–Crippen MR) is 209 cm³/mol. The Balaban J connectivity index is 1.39. The molecule has 0 N–H and O–H groups in total. The van der Waals surface area contributed by atoms with Crippen LogP contribution in [-0.4, -0.2) is 0 Å². The summed E-state index contributed by atoms with van der Waals surface area (Å²) in [5, 5.41) is 0. The van der Waals surface area contributed by atoms with Gasteiger partial charge in [0.15, 0.2) is 0 Å². The molecule has 0 aliphatic rings. The molecular formula is C48H41N. The number of rotatable bonds is 12. The number of anilines is 2. The van der Waals surface area contributed by atoms with Gasteiger partial charge in [0, 0.05) is 17.1 Å². The molecule has 0 aliphatic carbocycles. The number of allylic oxidation sites excluding steroid dienone is 4. The SMILES string of the molecule is C=C/C=C(\C=C/CC(C)C)N(c1ccccc1)c1ccc(-c2ccc(/C(=C(/c3cc#ccc3)c3ccccc3)c3ccccc3)cc2)cc1. The van der Waals surface area contributed by atoms with E-state index in [0.717, 1.165) is 56.9 Å². The molecule has 0 heterocycles. The summed E-state index contributed by atoms with van der Waals surface area (Å²) in [6.45, 7) is 8.49. The molecule has 1 nitrogen and oxygen atoms in total. The highest BCUT2D eigenvalue weighted by Gasteiger charge is 2.17. The van der Waals surface area contributed by atoms with Crippen LogP contribution in [0.1, 0.15) is 42.5 Å². The zero-order valence-electron chi connectivity index (χ0n) is 28.3. The van der Waals surface area contributed by atoms with Gasteiger partial charge in [-0.2, -0.15) is 0 Å². The second-order valence-electron chi connectivity index (χ2n) is 12.4. The molecule has 0 saturated carbocycles. The highest BCUT2D eigenvalue weighted by molar-refractivity contribution is 6.04. The highest BCUT2D eigenvalue weighted by atomic mass is 15.1. The van der Waals surface area contributed by atoms with Gasteiger partial charge >= 0.3 is 0 Å². The third-order valence-electron chi connectivity index (χ3n) is 8.41. The normalized spacial score (nSPS) is 12.0. The van der Waals surface area contributed by atoms with Crippen LogP contribution < -0.4 is 4.90 Å². The fraction of sp³-hybridized carbons (Fsp3) is 0.0833. The molecular weight excluding hydrogens is 591 g/mol. The number of benzene rings is 5. The smallest absolute Gasteiger partial charge is 0.0462 e. The first-order valence-corrected chi connectivity index (χ1v) is 16.9. The van der Waals surface area contributed by atoms with Crippen LogP contribution in [0.4, 0.5) is 11.4 Å². The van der Waals surface area contributed by atoms with E-state index in [0.29, 0.717) is 5.92 Å². The number of hydrogen-bond donors (Lipinski definition) is 0. The maximum absolute atomic E-state index is 4.01. The van der Waals surface area contributed by atoms with Gasteiger partial charge in [-0.1, -0.05) is 160 Å². The first-order valence-electron chi connectivity index (χ1n) is 16.9. The fourth-order valence-electron chi connectivity index (χ4n) is 6.07. The summed E-state index contributed by atoms with van der Waals surface area (Å²) in [4.78, 5) is 2.28. The van der Waals surface area contributed by atoms with E-state index in [1.165, 1.54) is 11.1 Å². The van der Waals surface area contributed by atoms with Gasteiger partial charge in [0.05, 0.1) is 0 Å². The molecule has 6 aromatic rings. The van der Waals surface area contributed by atoms with Crippen molar-refractivity contribution in [3.8, 4) is 11.1 Å². The molecule has 6 aromatic carbocycles. The number of hydrogen-bond acceptors (Lipinski definition) is 1. The highest BCUT2D eigenvalue weighted by Crippen LogP contribution is 2.38. The van der Waals surface area contributed by atoms with Crippen LogP contribution in [0.3, 0.4) is 0 Å². The minimum atomic E-state index is 0.594. The number of nitrogens with zero attached hydrogens (tertiary/aromatic N) is 1. The standard InChI is InChI=1S/C48H41N/c1-4-18-44(28-17-19-37(2)3)49(45-26-15-8-16-27-45)46-35-33-39(34-36-46)38-29-31-43(32-30-38)48(42-24-13-7-14-25-42)47(40-20-9-5-10-21-40)41-22-11-6-12-23-41/h4-5,7-11,13-18,20-37H,1,19H2,2-3H3/b28-17-,44-18+,48-47+. The Morgan fingerprint density at radius 1 is 0.592 bits per heavy atom. The van der Waals surface area contributed by atoms with Crippen molar-refractivity contribution < 1.29 is 0 Å². The van der Waals surface area contributed by atoms with Crippen molar-refractivity contribution in [3.05, 3.63) is 229 Å². The molecule has 0 bridgehead atoms. The quantitative estimate of drug-likeness (QED) is 0.0959. The molecule has 0 saturated heterocycles. The molecule has 0 spiro atoms. The minimum Gasteiger partial charge on any atom is -0.311 e. The van der Waals surface area contributed by atoms with Crippen LogP contribution in [0.5, 0.6) is 0 Å². The Kier molecular flexibility index (Phi) is 10.8. The molecule has 0 aliphatic heterocycles. The summed E-state index contributed by atoms with van der Waals surface area (Å²) in [6, 6.07) is 61.9. The van der Waals surface area contributed by atoms with E-state index in [4.69, 9.17) is 0 Å². The summed E-state index contributed by atoms with van der Waals surface area (Å²) in [6.07, 6.45) is 9.40. The summed E-state index contributed by atoms with van der Waals surface area (Å²) >= 11 is 0. The lowest BCUT2D eigenvalue weighted by Crippen LogP contribution is -2.15. The van der Waals surface area contributed by atoms with E-state index in [1.807, 2.05) is 18.2 Å². The van der Waals surface area contributed by atoms with Gasteiger partial charge in [-0.05, 0) is 111 Å². The molecule has 6 rings (SSSR count). The second-order valence-corrected chi connectivity index (χ2v) is 12.4. The molecule has 0 fully saturated rings. The van der Waals surface area contributed by atoms with Gasteiger partial charge in [0.25, 0.3) is 0 Å². The molecule has 0 amide bonds. The van der Waals surface area contributed by atoms with Crippen LogP contribution in [0.2, 0.25) is 0 Å². The Hall–Kier alpha value is -6.10. The van der Waals surface area contributed by atoms with Gasteiger partial charge in [-0.25, -0.2) is 0 Å². The first-order chi connectivity index (χ1) is 24.1. The molecule has 238 valence electrons. The summed E-state index contributed by atoms with van der Waals surface area (Å²) < 4.78 is 0. The van der Waals surface area contributed by atoms with Gasteiger partial charge in [0.2, 0.25) is 0 Å². The monoisotopic (exact) mass is 631 g/mol. The van der Waals surface area contributed by atoms with E-state index < -0.39 is 0 Å². The van der Waals surface area contributed by atoms with E-state index in [9.17, 15) is 0 Å². The zero-order chi connectivity index (χ0) is 33.8. The molecule has 49 heavy (non-hydrogen) atoms. The molecule has 1 heteroatoms. The van der Waals surface area contributed by atoms with Crippen molar-refractivity contribution in [2.24, 2.45) is 5.92 Å². The van der Waals surface area contributed by atoms with Crippen molar-refractivity contribution in [2.45, 2.75) is 20.3 Å². The molecule has 0 unspecified atom stereocenters. The lowest BCUT2D eigenvalue weighted by atomic mass is 9.85. The third kappa shape index (κ3) is 8.07. The van der Waals surface area contributed by atoms with E-state index in [2.05, 4.69) is 201 Å². The average molecular weight is 632 g/mol. The van der Waals surface area contributed by atoms with Crippen molar-refractivity contribution >= 4 is 22.5 Å². The first kappa shape index (κ1) is 32.8. The van der Waals surface area contributed by atoms with Gasteiger partial charge < -0.3 is 4.90 Å². The predicted octanol–water partition coefficient (Wildman–Crippen LogP) is 12.8. The fourth-order valence-corrected chi connectivity index (χ4v) is 6.07. The molecule has 0 aromatic heterocycles. The van der Waals surface area contributed by atoms with Gasteiger partial charge in [0.1, 0.15) is 0 Å². The van der Waals surface area contributed by atoms with Crippen molar-refractivity contribution in [3.63, 3.8) is 0 Å². The van der Waals surface area contributed by atoms with E-state index >= 15 is 0 Å². The summed E-state index contributed by atoms with van der Waals surface area (Å²) in [5.74, 6) is 0.594. The summed E-state index contributed by atoms with van der Waals surface area (Å²) in [7, 11) is 0. The maximum Gasteiger partial charge on any atom is 0.0462 e.